The standard InChI is InChI=1S/C9H11ClN2/c10-6-9(11)12-7-8-4-2-1-3-5-8/h1-5H,6-7H2,(H2,11,12). The molecule has 0 atom stereocenters. The van der Waals surface area contributed by atoms with Crippen molar-refractivity contribution in [3.05, 3.63) is 35.9 Å². The summed E-state index contributed by atoms with van der Waals surface area (Å²) in [6.45, 7) is 0.611. The topological polar surface area (TPSA) is 38.4 Å². The first-order chi connectivity index (χ1) is 5.83. The Morgan fingerprint density at radius 1 is 1.33 bits per heavy atom. The van der Waals surface area contributed by atoms with Crippen LogP contribution in [-0.2, 0) is 6.54 Å². The van der Waals surface area contributed by atoms with E-state index in [0.29, 0.717) is 18.3 Å². The molecule has 0 saturated carbocycles. The average Bonchev–Trinajstić information content (AvgIpc) is 2.16. The summed E-state index contributed by atoms with van der Waals surface area (Å²) in [5.41, 5.74) is 6.58. The molecular weight excluding hydrogens is 172 g/mol. The second-order valence-electron chi connectivity index (χ2n) is 2.43. The lowest BCUT2D eigenvalue weighted by Crippen LogP contribution is -2.13. The maximum absolute atomic E-state index is 5.46. The fourth-order valence-corrected chi connectivity index (χ4v) is 0.903. The molecule has 0 unspecified atom stereocenters. The third-order valence-electron chi connectivity index (χ3n) is 1.44. The van der Waals surface area contributed by atoms with Crippen molar-refractivity contribution >= 4 is 17.4 Å². The Balaban J connectivity index is 2.54. The molecule has 1 aromatic carbocycles. The van der Waals surface area contributed by atoms with Gasteiger partial charge in [0.25, 0.3) is 0 Å². The molecule has 0 amide bonds. The van der Waals surface area contributed by atoms with Crippen molar-refractivity contribution in [1.82, 2.24) is 0 Å². The van der Waals surface area contributed by atoms with Crippen molar-refractivity contribution in [3.63, 3.8) is 0 Å². The molecule has 0 radical (unpaired) electrons. The number of halogens is 1. The van der Waals surface area contributed by atoms with Gasteiger partial charge in [0.05, 0.1) is 12.4 Å². The van der Waals surface area contributed by atoms with Crippen molar-refractivity contribution in [2.45, 2.75) is 6.54 Å². The van der Waals surface area contributed by atoms with Gasteiger partial charge in [-0.3, -0.25) is 4.99 Å². The first-order valence-electron chi connectivity index (χ1n) is 3.71. The number of hydrogen-bond donors (Lipinski definition) is 1. The second-order valence-corrected chi connectivity index (χ2v) is 2.69. The number of alkyl halides is 1. The molecule has 0 fully saturated rings. The van der Waals surface area contributed by atoms with Gasteiger partial charge >= 0.3 is 0 Å². The zero-order valence-electron chi connectivity index (χ0n) is 6.70. The molecule has 0 aliphatic heterocycles. The third kappa shape index (κ3) is 2.93. The van der Waals surface area contributed by atoms with E-state index in [1.807, 2.05) is 30.3 Å². The monoisotopic (exact) mass is 182 g/mol. The molecule has 1 aromatic rings. The fourth-order valence-electron chi connectivity index (χ4n) is 0.819. The first-order valence-corrected chi connectivity index (χ1v) is 4.25. The summed E-state index contributed by atoms with van der Waals surface area (Å²) in [6.07, 6.45) is 0. The highest BCUT2D eigenvalue weighted by Crippen LogP contribution is 1.99. The number of aliphatic imine (C=N–C) groups is 1. The summed E-state index contributed by atoms with van der Waals surface area (Å²) in [5.74, 6) is 0.785. The molecule has 2 N–H and O–H groups in total. The summed E-state index contributed by atoms with van der Waals surface area (Å²) in [4.78, 5) is 4.08. The van der Waals surface area contributed by atoms with Crippen molar-refractivity contribution < 1.29 is 0 Å². The molecule has 0 aromatic heterocycles. The molecule has 0 saturated heterocycles. The van der Waals surface area contributed by atoms with Crippen LogP contribution < -0.4 is 5.73 Å². The van der Waals surface area contributed by atoms with E-state index in [9.17, 15) is 0 Å². The number of hydrogen-bond acceptors (Lipinski definition) is 1. The number of rotatable bonds is 3. The molecule has 12 heavy (non-hydrogen) atoms. The quantitative estimate of drug-likeness (QED) is 0.432. The Morgan fingerprint density at radius 3 is 2.58 bits per heavy atom. The van der Waals surface area contributed by atoms with Gasteiger partial charge in [0.2, 0.25) is 0 Å². The Morgan fingerprint density at radius 2 is 2.00 bits per heavy atom. The van der Waals surface area contributed by atoms with Crippen molar-refractivity contribution in [3.8, 4) is 0 Å². The van der Waals surface area contributed by atoms with E-state index < -0.39 is 0 Å². The molecule has 0 bridgehead atoms. The normalized spacial score (nSPS) is 11.6. The summed E-state index contributed by atoms with van der Waals surface area (Å²) < 4.78 is 0. The minimum absolute atomic E-state index is 0.298. The Bertz CT molecular complexity index is 256. The lowest BCUT2D eigenvalue weighted by atomic mass is 10.2. The van der Waals surface area contributed by atoms with E-state index >= 15 is 0 Å². The summed E-state index contributed by atoms with van der Waals surface area (Å²) in [7, 11) is 0. The van der Waals surface area contributed by atoms with E-state index in [2.05, 4.69) is 4.99 Å². The Labute approximate surface area is 77.1 Å². The number of amidine groups is 1. The third-order valence-corrected chi connectivity index (χ3v) is 1.72. The van der Waals surface area contributed by atoms with Gasteiger partial charge in [-0.05, 0) is 5.56 Å². The molecular formula is C9H11ClN2. The van der Waals surface area contributed by atoms with Crippen LogP contribution in [-0.4, -0.2) is 11.7 Å². The smallest absolute Gasteiger partial charge is 0.109 e. The Hall–Kier alpha value is -1.02. The molecule has 0 heterocycles. The van der Waals surface area contributed by atoms with Crippen LogP contribution in [0.3, 0.4) is 0 Å². The summed E-state index contributed by atoms with van der Waals surface area (Å²) >= 11 is 5.46. The van der Waals surface area contributed by atoms with Crippen LogP contribution in [0.1, 0.15) is 5.56 Å². The number of nitrogens with zero attached hydrogens (tertiary/aromatic N) is 1. The fraction of sp³-hybridized carbons (Fsp3) is 0.222. The van der Waals surface area contributed by atoms with Crippen LogP contribution in [0.25, 0.3) is 0 Å². The van der Waals surface area contributed by atoms with E-state index in [1.54, 1.807) is 0 Å². The van der Waals surface area contributed by atoms with Crippen LogP contribution in [0.5, 0.6) is 0 Å². The van der Waals surface area contributed by atoms with E-state index in [1.165, 1.54) is 0 Å². The van der Waals surface area contributed by atoms with Gasteiger partial charge in [-0.2, -0.15) is 0 Å². The molecule has 0 spiro atoms. The zero-order valence-corrected chi connectivity index (χ0v) is 7.46. The van der Waals surface area contributed by atoms with Gasteiger partial charge in [0.15, 0.2) is 0 Å². The van der Waals surface area contributed by atoms with Crippen LogP contribution >= 0.6 is 11.6 Å². The van der Waals surface area contributed by atoms with E-state index in [4.69, 9.17) is 17.3 Å². The van der Waals surface area contributed by atoms with Crippen molar-refractivity contribution in [2.75, 3.05) is 5.88 Å². The molecule has 64 valence electrons. The first kappa shape index (κ1) is 9.07. The molecule has 2 nitrogen and oxygen atoms in total. The highest BCUT2D eigenvalue weighted by Gasteiger charge is 1.89. The maximum atomic E-state index is 5.46. The largest absolute Gasteiger partial charge is 0.386 e. The van der Waals surface area contributed by atoms with E-state index in [0.717, 1.165) is 5.56 Å². The molecule has 1 rings (SSSR count). The van der Waals surface area contributed by atoms with Crippen LogP contribution in [0.4, 0.5) is 0 Å². The van der Waals surface area contributed by atoms with Gasteiger partial charge < -0.3 is 5.73 Å². The van der Waals surface area contributed by atoms with Crippen molar-refractivity contribution in [1.29, 1.82) is 0 Å². The lowest BCUT2D eigenvalue weighted by Gasteiger charge is -1.96. The maximum Gasteiger partial charge on any atom is 0.109 e. The van der Waals surface area contributed by atoms with Gasteiger partial charge in [-0.15, -0.1) is 11.6 Å². The molecule has 0 aliphatic carbocycles. The lowest BCUT2D eigenvalue weighted by molar-refractivity contribution is 1.06. The zero-order chi connectivity index (χ0) is 8.81. The van der Waals surface area contributed by atoms with Crippen LogP contribution in [0, 0.1) is 0 Å². The predicted molar refractivity (Wildman–Crippen MR) is 52.5 cm³/mol. The van der Waals surface area contributed by atoms with Crippen LogP contribution in [0.15, 0.2) is 35.3 Å². The predicted octanol–water partition coefficient (Wildman–Crippen LogP) is 1.78. The second kappa shape index (κ2) is 4.78. The van der Waals surface area contributed by atoms with Gasteiger partial charge in [0.1, 0.15) is 5.84 Å². The highest BCUT2D eigenvalue weighted by molar-refractivity contribution is 6.27. The minimum Gasteiger partial charge on any atom is -0.386 e. The summed E-state index contributed by atoms with van der Waals surface area (Å²) in [5, 5.41) is 0. The van der Waals surface area contributed by atoms with Gasteiger partial charge in [-0.25, -0.2) is 0 Å². The number of nitrogens with two attached hydrogens (primary N) is 1. The average molecular weight is 183 g/mol. The van der Waals surface area contributed by atoms with Gasteiger partial charge in [-0.1, -0.05) is 30.3 Å². The van der Waals surface area contributed by atoms with Crippen LogP contribution in [0.2, 0.25) is 0 Å². The summed E-state index contributed by atoms with van der Waals surface area (Å²) in [6, 6.07) is 9.93. The highest BCUT2D eigenvalue weighted by atomic mass is 35.5. The number of benzene rings is 1. The SMILES string of the molecule is NC(CCl)=NCc1ccccc1. The minimum atomic E-state index is 0.298. The molecule has 0 aliphatic rings. The van der Waals surface area contributed by atoms with Crippen molar-refractivity contribution in [2.24, 2.45) is 10.7 Å². The van der Waals surface area contributed by atoms with E-state index in [-0.39, 0.29) is 0 Å². The Kier molecular flexibility index (Phi) is 3.61. The van der Waals surface area contributed by atoms with Gasteiger partial charge in [0, 0.05) is 0 Å². The molecule has 3 heteroatoms.